The second-order valence-electron chi connectivity index (χ2n) is 1.71. The number of nitrogens with one attached hydrogen (secondary N) is 1. The molecule has 0 amide bonds. The van der Waals surface area contributed by atoms with E-state index in [0.29, 0.717) is 6.61 Å². The van der Waals surface area contributed by atoms with Crippen LogP contribution in [0.5, 0.6) is 0 Å². The Balaban J connectivity index is 2.22. The van der Waals surface area contributed by atoms with Gasteiger partial charge in [0, 0.05) is 0 Å². The molecule has 8 heavy (non-hydrogen) atoms. The van der Waals surface area contributed by atoms with Crippen molar-refractivity contribution in [1.29, 1.82) is 0 Å². The van der Waals surface area contributed by atoms with Crippen molar-refractivity contribution >= 4 is 0 Å². The van der Waals surface area contributed by atoms with Gasteiger partial charge in [0.1, 0.15) is 6.61 Å². The number of rotatable bonds is 1. The molecule has 1 heterocycles. The third-order valence-corrected chi connectivity index (χ3v) is 1.11. The maximum atomic E-state index is 10.2. The van der Waals surface area contributed by atoms with Crippen molar-refractivity contribution in [2.24, 2.45) is 0 Å². The molecule has 1 aliphatic heterocycles. The lowest BCUT2D eigenvalue weighted by Crippen LogP contribution is -3.02. The third-order valence-electron chi connectivity index (χ3n) is 1.11. The van der Waals surface area contributed by atoms with E-state index >= 15 is 0 Å². The summed E-state index contributed by atoms with van der Waals surface area (Å²) in [5.74, 6) is 0. The molecule has 1 unspecified atom stereocenters. The Hall–Kier alpha value is -0.160. The van der Waals surface area contributed by atoms with Crippen LogP contribution in [0.3, 0.4) is 0 Å². The number of hydrogen-bond acceptors (Lipinski definition) is 3. The molecule has 2 atom stereocenters. The molecule has 0 aromatic heterocycles. The molecule has 1 aliphatic rings. The molecule has 1 rings (SSSR count). The highest BCUT2D eigenvalue weighted by molar-refractivity contribution is 4.49. The van der Waals surface area contributed by atoms with Gasteiger partial charge in [0.2, 0.25) is 0 Å². The minimum atomic E-state index is -0.531. The molecule has 0 aliphatic carbocycles. The van der Waals surface area contributed by atoms with Gasteiger partial charge < -0.3 is 5.21 Å². The highest BCUT2D eigenvalue weighted by Gasteiger charge is 2.21. The van der Waals surface area contributed by atoms with E-state index in [9.17, 15) is 5.21 Å². The summed E-state index contributed by atoms with van der Waals surface area (Å²) in [6, 6.07) is 0. The van der Waals surface area contributed by atoms with Gasteiger partial charge in [-0.25, -0.2) is 0 Å². The molecular weight excluding hydrogens is 110 g/mol. The summed E-state index contributed by atoms with van der Waals surface area (Å²) in [5, 5.41) is 9.64. The lowest BCUT2D eigenvalue weighted by molar-refractivity contribution is -1.19. The van der Waals surface area contributed by atoms with Crippen molar-refractivity contribution in [2.45, 2.75) is 19.4 Å². The van der Waals surface area contributed by atoms with Gasteiger partial charge in [0.15, 0.2) is 6.10 Å². The average molecular weight is 119 g/mol. The predicted octanol–water partition coefficient (Wildman–Crippen LogP) is -0.976. The van der Waals surface area contributed by atoms with E-state index in [1.54, 1.807) is 0 Å². The van der Waals surface area contributed by atoms with Crippen LogP contribution < -0.4 is 5.39 Å². The predicted molar refractivity (Wildman–Crippen MR) is 25.4 cm³/mol. The molecule has 4 heteroatoms. The summed E-state index contributed by atoms with van der Waals surface area (Å²) in [5.41, 5.74) is 0. The van der Waals surface area contributed by atoms with E-state index in [2.05, 4.69) is 9.68 Å². The molecular formula is C4H9NO3. The number of quaternary nitrogens is 1. The smallest absolute Gasteiger partial charge is 0.150 e. The first-order valence-corrected chi connectivity index (χ1v) is 2.66. The maximum absolute atomic E-state index is 10.2. The molecule has 0 spiro atoms. The quantitative estimate of drug-likeness (QED) is 0.451. The molecule has 1 saturated heterocycles. The van der Waals surface area contributed by atoms with Crippen LogP contribution in [0.15, 0.2) is 0 Å². The minimum absolute atomic E-state index is 0.00231. The molecule has 48 valence electrons. The average Bonchev–Trinajstić information content (AvgIpc) is 2.14. The molecule has 0 aromatic carbocycles. The standard InChI is InChI=1S/C4H9NO3/c1-2-4-3-7-5(6)8-4/h4-5H,2-3H2,1H3/t4-/m0/s1. The molecule has 0 bridgehead atoms. The summed E-state index contributed by atoms with van der Waals surface area (Å²) in [6.45, 7) is 2.38. The SMILES string of the molecule is CC[C@H]1CO[NH+]([O-])O1. The van der Waals surface area contributed by atoms with Crippen LogP contribution in [0.4, 0.5) is 0 Å². The van der Waals surface area contributed by atoms with Crippen LogP contribution in [0.25, 0.3) is 0 Å². The van der Waals surface area contributed by atoms with Crippen molar-refractivity contribution in [3.8, 4) is 0 Å². The number of hydrogen-bond donors (Lipinski definition) is 1. The molecule has 4 nitrogen and oxygen atoms in total. The van der Waals surface area contributed by atoms with E-state index < -0.39 is 5.39 Å². The second kappa shape index (κ2) is 2.41. The van der Waals surface area contributed by atoms with Crippen LogP contribution in [0.2, 0.25) is 0 Å². The normalized spacial score (nSPS) is 38.2. The topological polar surface area (TPSA) is 46.0 Å². The van der Waals surface area contributed by atoms with Gasteiger partial charge in [-0.15, -0.1) is 0 Å². The fourth-order valence-electron chi connectivity index (χ4n) is 0.566. The lowest BCUT2D eigenvalue weighted by Gasteiger charge is -2.06. The van der Waals surface area contributed by atoms with E-state index in [0.717, 1.165) is 6.42 Å². The van der Waals surface area contributed by atoms with Crippen molar-refractivity contribution in [3.05, 3.63) is 5.21 Å². The highest BCUT2D eigenvalue weighted by atomic mass is 17.1. The van der Waals surface area contributed by atoms with Gasteiger partial charge in [0.05, 0.1) is 0 Å². The van der Waals surface area contributed by atoms with Gasteiger partial charge in [-0.2, -0.15) is 9.68 Å². The van der Waals surface area contributed by atoms with Crippen LogP contribution in [0.1, 0.15) is 13.3 Å². The first-order chi connectivity index (χ1) is 3.83. The van der Waals surface area contributed by atoms with Crippen LogP contribution >= 0.6 is 0 Å². The summed E-state index contributed by atoms with van der Waals surface area (Å²) in [7, 11) is 0. The third kappa shape index (κ3) is 1.16. The largest absolute Gasteiger partial charge is 0.566 e. The Bertz CT molecular complexity index is 77.7. The first-order valence-electron chi connectivity index (χ1n) is 2.66. The monoisotopic (exact) mass is 119 g/mol. The zero-order valence-electron chi connectivity index (χ0n) is 4.72. The Morgan fingerprint density at radius 2 is 2.62 bits per heavy atom. The Kier molecular flexibility index (Phi) is 1.80. The molecule has 0 radical (unpaired) electrons. The van der Waals surface area contributed by atoms with Crippen molar-refractivity contribution in [2.75, 3.05) is 6.61 Å². The summed E-state index contributed by atoms with van der Waals surface area (Å²) in [4.78, 5) is 9.14. The fourth-order valence-corrected chi connectivity index (χ4v) is 0.566. The molecule has 0 aromatic rings. The van der Waals surface area contributed by atoms with E-state index in [4.69, 9.17) is 0 Å². The summed E-state index contributed by atoms with van der Waals surface area (Å²) in [6.07, 6.45) is 0.841. The van der Waals surface area contributed by atoms with Crippen LogP contribution in [-0.4, -0.2) is 12.7 Å². The maximum Gasteiger partial charge on any atom is 0.150 e. The Morgan fingerprint density at radius 1 is 1.88 bits per heavy atom. The Labute approximate surface area is 47.5 Å². The Morgan fingerprint density at radius 3 is 2.88 bits per heavy atom. The van der Waals surface area contributed by atoms with Crippen molar-refractivity contribution < 1.29 is 15.1 Å². The van der Waals surface area contributed by atoms with Crippen LogP contribution in [-0.2, 0) is 9.68 Å². The minimum Gasteiger partial charge on any atom is -0.566 e. The summed E-state index contributed by atoms with van der Waals surface area (Å²) < 4.78 is 0. The fraction of sp³-hybridized carbons (Fsp3) is 1.00. The second-order valence-corrected chi connectivity index (χ2v) is 1.71. The van der Waals surface area contributed by atoms with Gasteiger partial charge in [-0.3, -0.25) is 0 Å². The zero-order valence-corrected chi connectivity index (χ0v) is 4.72. The summed E-state index contributed by atoms with van der Waals surface area (Å²) >= 11 is 0. The van der Waals surface area contributed by atoms with Crippen molar-refractivity contribution in [3.63, 3.8) is 0 Å². The lowest BCUT2D eigenvalue weighted by atomic mass is 10.3. The molecule has 1 fully saturated rings. The van der Waals surface area contributed by atoms with E-state index in [1.165, 1.54) is 0 Å². The van der Waals surface area contributed by atoms with Crippen molar-refractivity contribution in [1.82, 2.24) is 0 Å². The van der Waals surface area contributed by atoms with E-state index in [1.807, 2.05) is 6.92 Å². The van der Waals surface area contributed by atoms with Gasteiger partial charge in [-0.1, -0.05) is 12.3 Å². The van der Waals surface area contributed by atoms with Crippen LogP contribution in [0, 0.1) is 5.21 Å². The first kappa shape index (κ1) is 5.97. The van der Waals surface area contributed by atoms with Gasteiger partial charge in [-0.05, 0) is 6.42 Å². The molecule has 1 N–H and O–H groups in total. The van der Waals surface area contributed by atoms with E-state index in [-0.39, 0.29) is 6.10 Å². The highest BCUT2D eigenvalue weighted by Crippen LogP contribution is 1.96. The zero-order chi connectivity index (χ0) is 5.98. The van der Waals surface area contributed by atoms with Gasteiger partial charge >= 0.3 is 0 Å². The molecule has 0 saturated carbocycles. The van der Waals surface area contributed by atoms with Gasteiger partial charge in [0.25, 0.3) is 0 Å².